The number of anilines is 1. The number of carbonyl (C=O) groups is 2. The van der Waals surface area contributed by atoms with Gasteiger partial charge in [-0.15, -0.1) is 0 Å². The van der Waals surface area contributed by atoms with Gasteiger partial charge in [-0.05, 0) is 37.1 Å². The maximum Gasteiger partial charge on any atom is 0.320 e. The highest BCUT2D eigenvalue weighted by Crippen LogP contribution is 2.29. The monoisotopic (exact) mass is 354 g/mol. The lowest BCUT2D eigenvalue weighted by molar-refractivity contribution is -0.144. The molecular formula is C21H26N2O3. The Morgan fingerprint density at radius 1 is 1.15 bits per heavy atom. The van der Waals surface area contributed by atoms with Crippen LogP contribution in [-0.2, 0) is 14.3 Å². The number of esters is 1. The second-order valence-electron chi connectivity index (χ2n) is 6.81. The average molecular weight is 354 g/mol. The van der Waals surface area contributed by atoms with E-state index >= 15 is 0 Å². The van der Waals surface area contributed by atoms with Gasteiger partial charge >= 0.3 is 5.97 Å². The van der Waals surface area contributed by atoms with Gasteiger partial charge in [0.15, 0.2) is 0 Å². The van der Waals surface area contributed by atoms with Crippen LogP contribution in [0, 0.1) is 5.92 Å². The van der Waals surface area contributed by atoms with E-state index in [1.54, 1.807) is 6.92 Å². The van der Waals surface area contributed by atoms with E-state index in [1.165, 1.54) is 12.8 Å². The Hall–Kier alpha value is -2.40. The van der Waals surface area contributed by atoms with Crippen LogP contribution in [0.3, 0.4) is 0 Å². The van der Waals surface area contributed by atoms with Crippen molar-refractivity contribution < 1.29 is 14.3 Å². The Morgan fingerprint density at radius 3 is 2.69 bits per heavy atom. The van der Waals surface area contributed by atoms with Crippen molar-refractivity contribution in [1.82, 2.24) is 4.90 Å². The molecule has 0 spiro atoms. The van der Waals surface area contributed by atoms with E-state index < -0.39 is 0 Å². The Labute approximate surface area is 154 Å². The summed E-state index contributed by atoms with van der Waals surface area (Å²) in [6.45, 7) is 3.87. The molecule has 0 aromatic heterocycles. The fourth-order valence-electron chi connectivity index (χ4n) is 3.10. The maximum absolute atomic E-state index is 12.4. The molecule has 26 heavy (non-hydrogen) atoms. The minimum Gasteiger partial charge on any atom is -0.465 e. The van der Waals surface area contributed by atoms with E-state index in [0.29, 0.717) is 25.5 Å². The van der Waals surface area contributed by atoms with Crippen LogP contribution in [0.2, 0.25) is 0 Å². The SMILES string of the molecule is CCOC(=O)CN(CCC(=O)Nc1cccc2ccccc12)CC1CC1. The van der Waals surface area contributed by atoms with Crippen molar-refractivity contribution in [3.05, 3.63) is 42.5 Å². The summed E-state index contributed by atoms with van der Waals surface area (Å²) in [6, 6.07) is 13.9. The molecule has 0 radical (unpaired) electrons. The first-order valence-corrected chi connectivity index (χ1v) is 9.31. The summed E-state index contributed by atoms with van der Waals surface area (Å²) < 4.78 is 5.04. The van der Waals surface area contributed by atoms with Crippen LogP contribution in [0.15, 0.2) is 42.5 Å². The Bertz CT molecular complexity index is 765. The summed E-state index contributed by atoms with van der Waals surface area (Å²) in [6.07, 6.45) is 2.78. The number of nitrogens with zero attached hydrogens (tertiary/aromatic N) is 1. The fourth-order valence-corrected chi connectivity index (χ4v) is 3.10. The number of benzene rings is 2. The number of carbonyl (C=O) groups excluding carboxylic acids is 2. The molecule has 0 bridgehead atoms. The summed E-state index contributed by atoms with van der Waals surface area (Å²) in [5, 5.41) is 5.14. The van der Waals surface area contributed by atoms with Crippen molar-refractivity contribution in [2.75, 3.05) is 31.6 Å². The largest absolute Gasteiger partial charge is 0.465 e. The van der Waals surface area contributed by atoms with E-state index in [2.05, 4.69) is 5.32 Å². The first-order chi connectivity index (χ1) is 12.7. The molecule has 0 heterocycles. The van der Waals surface area contributed by atoms with Crippen LogP contribution in [0.5, 0.6) is 0 Å². The van der Waals surface area contributed by atoms with E-state index in [1.807, 2.05) is 47.4 Å². The molecule has 1 fully saturated rings. The maximum atomic E-state index is 12.4. The zero-order chi connectivity index (χ0) is 18.4. The number of amides is 1. The van der Waals surface area contributed by atoms with Gasteiger partial charge in [-0.3, -0.25) is 14.5 Å². The number of nitrogens with one attached hydrogen (secondary N) is 1. The molecule has 5 nitrogen and oxygen atoms in total. The van der Waals surface area contributed by atoms with E-state index in [-0.39, 0.29) is 18.4 Å². The number of ether oxygens (including phenoxy) is 1. The molecule has 0 saturated heterocycles. The molecule has 1 saturated carbocycles. The molecule has 1 aliphatic rings. The summed E-state index contributed by atoms with van der Waals surface area (Å²) in [5.41, 5.74) is 0.826. The third-order valence-electron chi connectivity index (χ3n) is 4.59. The first kappa shape index (κ1) is 18.4. The van der Waals surface area contributed by atoms with Crippen molar-refractivity contribution in [2.45, 2.75) is 26.2 Å². The van der Waals surface area contributed by atoms with Crippen molar-refractivity contribution in [1.29, 1.82) is 0 Å². The molecule has 1 N–H and O–H groups in total. The fraction of sp³-hybridized carbons (Fsp3) is 0.429. The van der Waals surface area contributed by atoms with Crippen molar-refractivity contribution in [3.63, 3.8) is 0 Å². The van der Waals surface area contributed by atoms with Gasteiger partial charge in [0.05, 0.1) is 13.2 Å². The van der Waals surface area contributed by atoms with Crippen LogP contribution in [0.4, 0.5) is 5.69 Å². The van der Waals surface area contributed by atoms with E-state index in [9.17, 15) is 9.59 Å². The lowest BCUT2D eigenvalue weighted by Crippen LogP contribution is -2.35. The Kier molecular flexibility index (Phi) is 6.23. The van der Waals surface area contributed by atoms with Gasteiger partial charge in [0.2, 0.25) is 5.91 Å². The van der Waals surface area contributed by atoms with Gasteiger partial charge in [0.25, 0.3) is 0 Å². The Morgan fingerprint density at radius 2 is 1.92 bits per heavy atom. The highest BCUT2D eigenvalue weighted by Gasteiger charge is 2.25. The van der Waals surface area contributed by atoms with Crippen LogP contribution in [-0.4, -0.2) is 43.0 Å². The lowest BCUT2D eigenvalue weighted by atomic mass is 10.1. The highest BCUT2D eigenvalue weighted by atomic mass is 16.5. The third kappa shape index (κ3) is 5.30. The second kappa shape index (κ2) is 8.81. The van der Waals surface area contributed by atoms with Gasteiger partial charge < -0.3 is 10.1 Å². The summed E-state index contributed by atoms with van der Waals surface area (Å²) in [7, 11) is 0. The molecule has 2 aromatic rings. The van der Waals surface area contributed by atoms with Gasteiger partial charge in [0.1, 0.15) is 0 Å². The standard InChI is InChI=1S/C21H26N2O3/c1-2-26-21(25)15-23(14-16-10-11-16)13-12-20(24)22-19-9-5-7-17-6-3-4-8-18(17)19/h3-9,16H,2,10-15H2,1H3,(H,22,24). The van der Waals surface area contributed by atoms with Crippen molar-refractivity contribution in [3.8, 4) is 0 Å². The van der Waals surface area contributed by atoms with Gasteiger partial charge in [-0.25, -0.2) is 0 Å². The van der Waals surface area contributed by atoms with Crippen molar-refractivity contribution >= 4 is 28.3 Å². The predicted molar refractivity (Wildman–Crippen MR) is 103 cm³/mol. The Balaban J connectivity index is 1.56. The molecule has 1 aliphatic carbocycles. The first-order valence-electron chi connectivity index (χ1n) is 9.31. The number of hydrogen-bond acceptors (Lipinski definition) is 4. The zero-order valence-corrected chi connectivity index (χ0v) is 15.2. The minimum atomic E-state index is -0.220. The molecule has 5 heteroatoms. The van der Waals surface area contributed by atoms with Crippen LogP contribution >= 0.6 is 0 Å². The highest BCUT2D eigenvalue weighted by molar-refractivity contribution is 6.02. The number of rotatable bonds is 9. The topological polar surface area (TPSA) is 58.6 Å². The third-order valence-corrected chi connectivity index (χ3v) is 4.59. The molecule has 138 valence electrons. The van der Waals surface area contributed by atoms with Gasteiger partial charge in [0, 0.05) is 30.6 Å². The molecule has 3 rings (SSSR count). The number of hydrogen-bond donors (Lipinski definition) is 1. The smallest absolute Gasteiger partial charge is 0.320 e. The summed E-state index contributed by atoms with van der Waals surface area (Å²) in [4.78, 5) is 26.2. The average Bonchev–Trinajstić information content (AvgIpc) is 3.44. The van der Waals surface area contributed by atoms with Crippen LogP contribution in [0.25, 0.3) is 10.8 Å². The van der Waals surface area contributed by atoms with Crippen LogP contribution < -0.4 is 5.32 Å². The molecule has 1 amide bonds. The normalized spacial score (nSPS) is 13.8. The van der Waals surface area contributed by atoms with E-state index in [4.69, 9.17) is 4.74 Å². The lowest BCUT2D eigenvalue weighted by Gasteiger charge is -2.21. The molecular weight excluding hydrogens is 328 g/mol. The minimum absolute atomic E-state index is 0.0361. The second-order valence-corrected chi connectivity index (χ2v) is 6.81. The zero-order valence-electron chi connectivity index (χ0n) is 15.2. The van der Waals surface area contributed by atoms with Gasteiger partial charge in [-0.1, -0.05) is 36.4 Å². The number of fused-ring (bicyclic) bond motifs is 1. The summed E-state index contributed by atoms with van der Waals surface area (Å²) >= 11 is 0. The molecule has 0 atom stereocenters. The van der Waals surface area contributed by atoms with Gasteiger partial charge in [-0.2, -0.15) is 0 Å². The van der Waals surface area contributed by atoms with Crippen LogP contribution in [0.1, 0.15) is 26.2 Å². The van der Waals surface area contributed by atoms with E-state index in [0.717, 1.165) is 23.0 Å². The predicted octanol–water partition coefficient (Wildman–Crippen LogP) is 3.44. The van der Waals surface area contributed by atoms with Crippen molar-refractivity contribution in [2.24, 2.45) is 5.92 Å². The molecule has 0 aliphatic heterocycles. The summed E-state index contributed by atoms with van der Waals surface area (Å²) in [5.74, 6) is 0.402. The quantitative estimate of drug-likeness (QED) is 0.701. The molecule has 2 aromatic carbocycles. The molecule has 0 unspecified atom stereocenters.